The maximum absolute atomic E-state index is 13.1. The zero-order chi connectivity index (χ0) is 17.5. The van der Waals surface area contributed by atoms with Crippen molar-refractivity contribution in [3.05, 3.63) is 35.9 Å². The molecule has 1 aliphatic heterocycles. The number of benzene rings is 1. The van der Waals surface area contributed by atoms with Crippen molar-refractivity contribution >= 4 is 18.3 Å². The molecule has 0 aromatic heterocycles. The molecule has 6 heteroatoms. The van der Waals surface area contributed by atoms with Gasteiger partial charge >= 0.3 is 0 Å². The second-order valence-corrected chi connectivity index (χ2v) is 7.22. The van der Waals surface area contributed by atoms with Gasteiger partial charge in [0.25, 0.3) is 0 Å². The number of carbonyl (C=O) groups excluding carboxylic acids is 1. The number of hydrogen-bond acceptors (Lipinski definition) is 4. The van der Waals surface area contributed by atoms with Crippen molar-refractivity contribution < 1.29 is 14.3 Å². The molecule has 1 aromatic rings. The summed E-state index contributed by atoms with van der Waals surface area (Å²) >= 11 is 0. The van der Waals surface area contributed by atoms with Crippen molar-refractivity contribution in [2.75, 3.05) is 46.6 Å². The fourth-order valence-electron chi connectivity index (χ4n) is 3.88. The summed E-state index contributed by atoms with van der Waals surface area (Å²) in [7, 11) is 1.67. The topological polar surface area (TPSA) is 50.8 Å². The molecule has 1 aliphatic carbocycles. The summed E-state index contributed by atoms with van der Waals surface area (Å²) in [6, 6.07) is 10.2. The molecule has 1 spiro atoms. The van der Waals surface area contributed by atoms with Crippen LogP contribution in [-0.4, -0.2) is 57.4 Å². The molecule has 1 unspecified atom stereocenters. The second kappa shape index (κ2) is 10.3. The minimum atomic E-state index is 0. The van der Waals surface area contributed by atoms with Crippen molar-refractivity contribution in [1.82, 2.24) is 10.2 Å². The largest absolute Gasteiger partial charge is 0.382 e. The smallest absolute Gasteiger partial charge is 0.226 e. The van der Waals surface area contributed by atoms with Gasteiger partial charge in [0.05, 0.1) is 19.8 Å². The first-order valence-electron chi connectivity index (χ1n) is 9.35. The van der Waals surface area contributed by atoms with Gasteiger partial charge in [-0.1, -0.05) is 30.3 Å². The number of carbonyl (C=O) groups is 1. The van der Waals surface area contributed by atoms with Crippen LogP contribution >= 0.6 is 12.4 Å². The van der Waals surface area contributed by atoms with Crippen molar-refractivity contribution in [3.8, 4) is 0 Å². The van der Waals surface area contributed by atoms with Crippen LogP contribution in [0.2, 0.25) is 0 Å². The molecule has 1 saturated carbocycles. The molecule has 2 fully saturated rings. The van der Waals surface area contributed by atoms with Gasteiger partial charge in [0.1, 0.15) is 0 Å². The second-order valence-electron chi connectivity index (χ2n) is 7.22. The highest BCUT2D eigenvalue weighted by Gasteiger charge is 2.58. The maximum Gasteiger partial charge on any atom is 0.226 e. The predicted molar refractivity (Wildman–Crippen MR) is 104 cm³/mol. The van der Waals surface area contributed by atoms with Crippen LogP contribution in [0, 0.1) is 11.3 Å². The lowest BCUT2D eigenvalue weighted by molar-refractivity contribution is -0.135. The number of nitrogens with one attached hydrogen (secondary N) is 1. The van der Waals surface area contributed by atoms with Gasteiger partial charge < -0.3 is 19.7 Å². The summed E-state index contributed by atoms with van der Waals surface area (Å²) in [5.74, 6) is 0.512. The summed E-state index contributed by atoms with van der Waals surface area (Å²) in [5, 5.41) is 3.41. The number of rotatable bonds is 9. The van der Waals surface area contributed by atoms with Crippen LogP contribution in [-0.2, 0) is 20.8 Å². The normalized spacial score (nSPS) is 20.4. The molecule has 1 amide bonds. The van der Waals surface area contributed by atoms with E-state index < -0.39 is 0 Å². The van der Waals surface area contributed by atoms with E-state index in [4.69, 9.17) is 9.47 Å². The third kappa shape index (κ3) is 5.43. The molecule has 1 N–H and O–H groups in total. The van der Waals surface area contributed by atoms with Gasteiger partial charge in [0.2, 0.25) is 5.91 Å². The molecule has 1 atom stereocenters. The first-order chi connectivity index (χ1) is 12.2. The van der Waals surface area contributed by atoms with Crippen molar-refractivity contribution in [2.45, 2.75) is 25.8 Å². The monoisotopic (exact) mass is 382 g/mol. The molecule has 26 heavy (non-hydrogen) atoms. The number of methoxy groups -OCH3 is 1. The quantitative estimate of drug-likeness (QED) is 0.667. The number of piperidine rings is 1. The number of amides is 1. The van der Waals surface area contributed by atoms with Crippen LogP contribution in [0.15, 0.2) is 30.3 Å². The number of halogens is 1. The van der Waals surface area contributed by atoms with Crippen molar-refractivity contribution in [2.24, 2.45) is 11.3 Å². The van der Waals surface area contributed by atoms with Crippen LogP contribution in [0.5, 0.6) is 0 Å². The Hall–Kier alpha value is -1.14. The average molecular weight is 383 g/mol. The van der Waals surface area contributed by atoms with Crippen LogP contribution in [0.4, 0.5) is 0 Å². The van der Waals surface area contributed by atoms with E-state index in [0.29, 0.717) is 38.8 Å². The molecule has 5 nitrogen and oxygen atoms in total. The van der Waals surface area contributed by atoms with Gasteiger partial charge in [-0.25, -0.2) is 0 Å². The Morgan fingerprint density at radius 1 is 1.19 bits per heavy atom. The van der Waals surface area contributed by atoms with E-state index in [1.54, 1.807) is 7.11 Å². The Labute approximate surface area is 162 Å². The molecular weight excluding hydrogens is 352 g/mol. The minimum absolute atomic E-state index is 0. The lowest BCUT2D eigenvalue weighted by Gasteiger charge is -2.27. The van der Waals surface area contributed by atoms with E-state index in [9.17, 15) is 4.79 Å². The van der Waals surface area contributed by atoms with E-state index in [-0.39, 0.29) is 23.7 Å². The summed E-state index contributed by atoms with van der Waals surface area (Å²) in [4.78, 5) is 15.1. The van der Waals surface area contributed by atoms with Gasteiger partial charge in [-0.15, -0.1) is 12.4 Å². The van der Waals surface area contributed by atoms with E-state index in [0.717, 1.165) is 32.4 Å². The maximum atomic E-state index is 13.1. The molecule has 1 saturated heterocycles. The van der Waals surface area contributed by atoms with Crippen molar-refractivity contribution in [1.29, 1.82) is 0 Å². The zero-order valence-corrected chi connectivity index (χ0v) is 16.4. The predicted octanol–water partition coefficient (Wildman–Crippen LogP) is 2.49. The Morgan fingerprint density at radius 2 is 1.92 bits per heavy atom. The molecule has 1 aromatic carbocycles. The first-order valence-corrected chi connectivity index (χ1v) is 9.35. The third-order valence-electron chi connectivity index (χ3n) is 5.55. The SMILES string of the molecule is COCCOCCN(Cc1ccccc1)C(=O)C1CC12CCNCC2.Cl. The lowest BCUT2D eigenvalue weighted by atomic mass is 9.91. The standard InChI is InChI=1S/C20H30N2O3.ClH/c1-24-13-14-25-12-11-22(16-17-5-3-2-4-6-17)19(23)18-15-20(18)7-9-21-10-8-20;/h2-6,18,21H,7-16H2,1H3;1H. The van der Waals surface area contributed by atoms with E-state index in [1.165, 1.54) is 5.56 Å². The Balaban J connectivity index is 0.00000243. The third-order valence-corrected chi connectivity index (χ3v) is 5.55. The first kappa shape index (κ1) is 21.2. The van der Waals surface area contributed by atoms with Crippen LogP contribution in [0.1, 0.15) is 24.8 Å². The number of ether oxygens (including phenoxy) is 2. The molecule has 0 radical (unpaired) electrons. The van der Waals surface area contributed by atoms with E-state index in [2.05, 4.69) is 17.4 Å². The fourth-order valence-corrected chi connectivity index (χ4v) is 3.88. The molecular formula is C20H31ClN2O3. The highest BCUT2D eigenvalue weighted by atomic mass is 35.5. The van der Waals surface area contributed by atoms with Crippen LogP contribution in [0.25, 0.3) is 0 Å². The molecule has 2 aliphatic rings. The summed E-state index contributed by atoms with van der Waals surface area (Å²) in [5.41, 5.74) is 1.45. The summed E-state index contributed by atoms with van der Waals surface area (Å²) in [6.45, 7) is 5.11. The number of hydrogen-bond donors (Lipinski definition) is 1. The Bertz CT molecular complexity index is 549. The van der Waals surface area contributed by atoms with Crippen molar-refractivity contribution in [3.63, 3.8) is 0 Å². The summed E-state index contributed by atoms with van der Waals surface area (Å²) < 4.78 is 10.6. The van der Waals surface area contributed by atoms with Gasteiger partial charge in [0, 0.05) is 26.1 Å². The van der Waals surface area contributed by atoms with E-state index in [1.807, 2.05) is 23.1 Å². The van der Waals surface area contributed by atoms with Gasteiger partial charge in [-0.2, -0.15) is 0 Å². The zero-order valence-electron chi connectivity index (χ0n) is 15.6. The number of nitrogens with zero attached hydrogens (tertiary/aromatic N) is 1. The van der Waals surface area contributed by atoms with Crippen LogP contribution < -0.4 is 5.32 Å². The average Bonchev–Trinajstić information content (AvgIpc) is 3.34. The lowest BCUT2D eigenvalue weighted by Crippen LogP contribution is -2.38. The van der Waals surface area contributed by atoms with Gasteiger partial charge in [-0.3, -0.25) is 4.79 Å². The highest BCUT2D eigenvalue weighted by molar-refractivity contribution is 5.85. The van der Waals surface area contributed by atoms with Gasteiger partial charge in [0.15, 0.2) is 0 Å². The minimum Gasteiger partial charge on any atom is -0.382 e. The molecule has 3 rings (SSSR count). The Morgan fingerprint density at radius 3 is 2.62 bits per heavy atom. The molecule has 146 valence electrons. The Kier molecular flexibility index (Phi) is 8.35. The highest BCUT2D eigenvalue weighted by Crippen LogP contribution is 2.59. The van der Waals surface area contributed by atoms with E-state index >= 15 is 0 Å². The molecule has 1 heterocycles. The fraction of sp³-hybridized carbons (Fsp3) is 0.650. The van der Waals surface area contributed by atoms with Gasteiger partial charge in [-0.05, 0) is 43.3 Å². The molecule has 0 bridgehead atoms. The summed E-state index contributed by atoms with van der Waals surface area (Å²) in [6.07, 6.45) is 3.32. The van der Waals surface area contributed by atoms with Crippen LogP contribution in [0.3, 0.4) is 0 Å².